The number of hydrogen-bond donors (Lipinski definition) is 3. The molecule has 0 saturated carbocycles. The summed E-state index contributed by atoms with van der Waals surface area (Å²) in [6.07, 6.45) is 0.213. The summed E-state index contributed by atoms with van der Waals surface area (Å²) in [5.74, 6) is 0.370. The average molecular weight is 493 g/mol. The molecule has 0 bridgehead atoms. The van der Waals surface area contributed by atoms with Crippen molar-refractivity contribution >= 4 is 11.8 Å². The normalized spacial score (nSPS) is 19.3. The standard InChI is InChI=1S/C28H29FN2O5/c29-21-6-4-5-20(15-21)28(34)31-25-14-13-24(36-26(25)18-32)16-27(33)30-17-19-9-11-23(12-10-19)35-22-7-2-1-3-8-22/h1-12,15,24-26,32H,13-14,16-18H2,(H,30,33)(H,31,34)/t24-,25-,26-/m0/s1. The molecule has 0 aliphatic carbocycles. The van der Waals surface area contributed by atoms with Crippen molar-refractivity contribution in [3.8, 4) is 11.5 Å². The number of ether oxygens (including phenoxy) is 2. The highest BCUT2D eigenvalue weighted by Gasteiger charge is 2.33. The number of hydrogen-bond acceptors (Lipinski definition) is 5. The van der Waals surface area contributed by atoms with Crippen molar-refractivity contribution < 1.29 is 28.6 Å². The van der Waals surface area contributed by atoms with Gasteiger partial charge in [-0.05, 0) is 60.9 Å². The molecule has 7 nitrogen and oxygen atoms in total. The molecule has 1 fully saturated rings. The Morgan fingerprint density at radius 1 is 0.972 bits per heavy atom. The lowest BCUT2D eigenvalue weighted by Gasteiger charge is -2.36. The maximum Gasteiger partial charge on any atom is 0.251 e. The first-order valence-electron chi connectivity index (χ1n) is 11.9. The zero-order valence-electron chi connectivity index (χ0n) is 19.7. The van der Waals surface area contributed by atoms with Gasteiger partial charge in [0.25, 0.3) is 5.91 Å². The maximum atomic E-state index is 13.4. The lowest BCUT2D eigenvalue weighted by Crippen LogP contribution is -2.51. The third-order valence-corrected chi connectivity index (χ3v) is 6.00. The zero-order valence-corrected chi connectivity index (χ0v) is 19.7. The third kappa shape index (κ3) is 7.13. The topological polar surface area (TPSA) is 96.9 Å². The lowest BCUT2D eigenvalue weighted by molar-refractivity contribution is -0.131. The summed E-state index contributed by atoms with van der Waals surface area (Å²) in [6, 6.07) is 22.0. The average Bonchev–Trinajstić information content (AvgIpc) is 2.89. The second-order valence-corrected chi connectivity index (χ2v) is 8.69. The van der Waals surface area contributed by atoms with E-state index in [1.54, 1.807) is 0 Å². The summed E-state index contributed by atoms with van der Waals surface area (Å²) in [7, 11) is 0. The van der Waals surface area contributed by atoms with Crippen LogP contribution in [-0.2, 0) is 16.1 Å². The molecule has 4 rings (SSSR count). The van der Waals surface area contributed by atoms with Gasteiger partial charge in [-0.1, -0.05) is 36.4 Å². The van der Waals surface area contributed by atoms with Crippen molar-refractivity contribution in [1.29, 1.82) is 0 Å². The number of aliphatic hydroxyl groups excluding tert-OH is 1. The van der Waals surface area contributed by atoms with E-state index in [0.29, 0.717) is 25.1 Å². The minimum absolute atomic E-state index is 0.149. The maximum absolute atomic E-state index is 13.4. The van der Waals surface area contributed by atoms with E-state index in [9.17, 15) is 19.1 Å². The van der Waals surface area contributed by atoms with Crippen molar-refractivity contribution in [3.05, 3.63) is 95.8 Å². The smallest absolute Gasteiger partial charge is 0.251 e. The molecular formula is C28H29FN2O5. The van der Waals surface area contributed by atoms with Crippen molar-refractivity contribution in [1.82, 2.24) is 10.6 Å². The molecule has 0 unspecified atom stereocenters. The molecule has 3 aromatic carbocycles. The van der Waals surface area contributed by atoms with Crippen LogP contribution in [0.3, 0.4) is 0 Å². The fourth-order valence-corrected chi connectivity index (χ4v) is 4.11. The Balaban J connectivity index is 1.22. The van der Waals surface area contributed by atoms with Gasteiger partial charge in [0, 0.05) is 12.1 Å². The first-order valence-corrected chi connectivity index (χ1v) is 11.9. The Labute approximate surface area is 209 Å². The minimum Gasteiger partial charge on any atom is -0.457 e. The van der Waals surface area contributed by atoms with E-state index in [2.05, 4.69) is 10.6 Å². The molecule has 1 saturated heterocycles. The van der Waals surface area contributed by atoms with Gasteiger partial charge in [0.15, 0.2) is 0 Å². The van der Waals surface area contributed by atoms with Crippen LogP contribution in [0.2, 0.25) is 0 Å². The van der Waals surface area contributed by atoms with Crippen LogP contribution in [-0.4, -0.2) is 41.8 Å². The molecule has 0 radical (unpaired) electrons. The number of halogens is 1. The van der Waals surface area contributed by atoms with Gasteiger partial charge in [-0.2, -0.15) is 0 Å². The zero-order chi connectivity index (χ0) is 25.3. The van der Waals surface area contributed by atoms with Gasteiger partial charge in [0.1, 0.15) is 23.4 Å². The Kier molecular flexibility index (Phi) is 8.65. The van der Waals surface area contributed by atoms with Gasteiger partial charge < -0.3 is 25.2 Å². The summed E-state index contributed by atoms with van der Waals surface area (Å²) in [5.41, 5.74) is 1.13. The van der Waals surface area contributed by atoms with Crippen LogP contribution in [0.5, 0.6) is 11.5 Å². The SMILES string of the molecule is O=C(C[C@@H]1CC[C@H](NC(=O)c2cccc(F)c2)[C@H](CO)O1)NCc1ccc(Oc2ccccc2)cc1. The van der Waals surface area contributed by atoms with E-state index in [0.717, 1.165) is 17.4 Å². The molecular weight excluding hydrogens is 463 g/mol. The molecule has 36 heavy (non-hydrogen) atoms. The van der Waals surface area contributed by atoms with E-state index in [1.165, 1.54) is 18.2 Å². The third-order valence-electron chi connectivity index (χ3n) is 6.00. The summed E-state index contributed by atoms with van der Waals surface area (Å²) in [6.45, 7) is 0.0660. The number of carbonyl (C=O) groups excluding carboxylic acids is 2. The fraction of sp³-hybridized carbons (Fsp3) is 0.286. The molecule has 2 amide bonds. The van der Waals surface area contributed by atoms with Crippen LogP contribution in [0.1, 0.15) is 35.2 Å². The van der Waals surface area contributed by atoms with Gasteiger partial charge in [-0.3, -0.25) is 9.59 Å². The fourth-order valence-electron chi connectivity index (χ4n) is 4.11. The highest BCUT2D eigenvalue weighted by Crippen LogP contribution is 2.23. The van der Waals surface area contributed by atoms with Crippen molar-refractivity contribution in [2.24, 2.45) is 0 Å². The molecule has 1 aliphatic rings. The van der Waals surface area contributed by atoms with E-state index >= 15 is 0 Å². The van der Waals surface area contributed by atoms with Crippen molar-refractivity contribution in [2.45, 2.75) is 44.1 Å². The molecule has 3 N–H and O–H groups in total. The molecule has 1 heterocycles. The van der Waals surface area contributed by atoms with E-state index in [1.807, 2.05) is 54.6 Å². The number of amides is 2. The monoisotopic (exact) mass is 492 g/mol. The predicted octanol–water partition coefficient (Wildman–Crippen LogP) is 3.96. The lowest BCUT2D eigenvalue weighted by atomic mass is 9.96. The van der Waals surface area contributed by atoms with E-state index in [-0.39, 0.29) is 30.6 Å². The Hall–Kier alpha value is -3.75. The van der Waals surface area contributed by atoms with Crippen LogP contribution in [0.25, 0.3) is 0 Å². The summed E-state index contributed by atoms with van der Waals surface area (Å²) in [4.78, 5) is 24.9. The summed E-state index contributed by atoms with van der Waals surface area (Å²) < 4.78 is 25.1. The van der Waals surface area contributed by atoms with Crippen molar-refractivity contribution in [3.63, 3.8) is 0 Å². The Morgan fingerprint density at radius 3 is 2.44 bits per heavy atom. The van der Waals surface area contributed by atoms with E-state index in [4.69, 9.17) is 9.47 Å². The van der Waals surface area contributed by atoms with Crippen LogP contribution in [0, 0.1) is 5.82 Å². The molecule has 8 heteroatoms. The molecule has 3 atom stereocenters. The molecule has 0 spiro atoms. The second-order valence-electron chi connectivity index (χ2n) is 8.69. The van der Waals surface area contributed by atoms with Gasteiger partial charge in [-0.25, -0.2) is 4.39 Å². The van der Waals surface area contributed by atoms with Gasteiger partial charge in [0.2, 0.25) is 5.91 Å². The highest BCUT2D eigenvalue weighted by atomic mass is 19.1. The Morgan fingerprint density at radius 2 is 1.72 bits per heavy atom. The van der Waals surface area contributed by atoms with Crippen LogP contribution < -0.4 is 15.4 Å². The van der Waals surface area contributed by atoms with Crippen molar-refractivity contribution in [2.75, 3.05) is 6.61 Å². The minimum atomic E-state index is -0.647. The molecule has 188 valence electrons. The summed E-state index contributed by atoms with van der Waals surface area (Å²) >= 11 is 0. The van der Waals surface area contributed by atoms with Gasteiger partial charge >= 0.3 is 0 Å². The number of para-hydroxylation sites is 1. The van der Waals surface area contributed by atoms with Crippen LogP contribution in [0.4, 0.5) is 4.39 Å². The number of rotatable bonds is 9. The highest BCUT2D eigenvalue weighted by molar-refractivity contribution is 5.94. The summed E-state index contributed by atoms with van der Waals surface area (Å²) in [5, 5.41) is 15.5. The number of aliphatic hydroxyl groups is 1. The first-order chi connectivity index (χ1) is 17.5. The second kappa shape index (κ2) is 12.3. The molecule has 0 aromatic heterocycles. The first kappa shape index (κ1) is 25.3. The molecule has 3 aromatic rings. The number of benzene rings is 3. The van der Waals surface area contributed by atoms with Crippen LogP contribution in [0.15, 0.2) is 78.9 Å². The molecule has 1 aliphatic heterocycles. The largest absolute Gasteiger partial charge is 0.457 e. The van der Waals surface area contributed by atoms with Gasteiger partial charge in [0.05, 0.1) is 25.2 Å². The van der Waals surface area contributed by atoms with Crippen LogP contribution >= 0.6 is 0 Å². The Bertz CT molecular complexity index is 1160. The number of nitrogens with one attached hydrogen (secondary N) is 2. The predicted molar refractivity (Wildman–Crippen MR) is 132 cm³/mol. The quantitative estimate of drug-likeness (QED) is 0.420. The van der Waals surface area contributed by atoms with Gasteiger partial charge in [-0.15, -0.1) is 0 Å². The number of carbonyl (C=O) groups is 2. The van der Waals surface area contributed by atoms with E-state index < -0.39 is 23.9 Å².